The number of hydrogen-bond donors (Lipinski definition) is 1. The van der Waals surface area contributed by atoms with E-state index in [-0.39, 0.29) is 6.10 Å². The van der Waals surface area contributed by atoms with Gasteiger partial charge in [0.05, 0.1) is 13.0 Å². The van der Waals surface area contributed by atoms with E-state index < -0.39 is 11.9 Å². The van der Waals surface area contributed by atoms with Crippen LogP contribution in [-0.2, 0) is 4.79 Å². The van der Waals surface area contributed by atoms with Gasteiger partial charge in [-0.25, -0.2) is 0 Å². The molecule has 0 radical (unpaired) electrons. The number of hydrogen-bond acceptors (Lipinski definition) is 4. The normalized spacial score (nSPS) is 18.2. The lowest BCUT2D eigenvalue weighted by Crippen LogP contribution is -2.35. The fraction of sp³-hybridized carbons (Fsp3) is 0.562. The van der Waals surface area contributed by atoms with Gasteiger partial charge in [0.25, 0.3) is 0 Å². The third kappa shape index (κ3) is 3.67. The molecule has 0 aliphatic carbocycles. The van der Waals surface area contributed by atoms with E-state index >= 15 is 0 Å². The average molecular weight is 293 g/mol. The summed E-state index contributed by atoms with van der Waals surface area (Å²) in [5, 5.41) is 9.19. The number of benzene rings is 1. The highest BCUT2D eigenvalue weighted by atomic mass is 16.5. The van der Waals surface area contributed by atoms with Crippen LogP contribution in [0.5, 0.6) is 11.5 Å². The van der Waals surface area contributed by atoms with Crippen molar-refractivity contribution in [2.75, 3.05) is 27.2 Å². The van der Waals surface area contributed by atoms with E-state index in [0.29, 0.717) is 17.1 Å². The van der Waals surface area contributed by atoms with Gasteiger partial charge in [-0.3, -0.25) is 4.79 Å². The van der Waals surface area contributed by atoms with Crippen LogP contribution < -0.4 is 9.47 Å². The number of nitrogens with zero attached hydrogens (tertiary/aromatic N) is 1. The molecule has 2 rings (SSSR count). The van der Waals surface area contributed by atoms with Crippen LogP contribution in [0.4, 0.5) is 0 Å². The molecule has 21 heavy (non-hydrogen) atoms. The number of likely N-dealkylation sites (tertiary alicyclic amines) is 1. The van der Waals surface area contributed by atoms with Crippen LogP contribution in [0, 0.1) is 0 Å². The predicted molar refractivity (Wildman–Crippen MR) is 80.2 cm³/mol. The van der Waals surface area contributed by atoms with Crippen LogP contribution in [-0.4, -0.2) is 49.3 Å². The van der Waals surface area contributed by atoms with E-state index in [4.69, 9.17) is 9.47 Å². The van der Waals surface area contributed by atoms with E-state index in [2.05, 4.69) is 11.9 Å². The number of methoxy groups -OCH3 is 1. The molecule has 1 heterocycles. The number of ether oxygens (including phenoxy) is 2. The molecule has 1 aliphatic heterocycles. The van der Waals surface area contributed by atoms with Crippen molar-refractivity contribution >= 4 is 5.97 Å². The number of para-hydroxylation sites is 1. The van der Waals surface area contributed by atoms with Gasteiger partial charge in [0.1, 0.15) is 6.10 Å². The van der Waals surface area contributed by atoms with Crippen molar-refractivity contribution in [2.45, 2.75) is 31.8 Å². The largest absolute Gasteiger partial charge is 0.493 e. The zero-order chi connectivity index (χ0) is 15.4. The molecule has 1 aromatic rings. The average Bonchev–Trinajstić information content (AvgIpc) is 2.48. The Morgan fingerprint density at radius 3 is 2.62 bits per heavy atom. The summed E-state index contributed by atoms with van der Waals surface area (Å²) in [4.78, 5) is 13.5. The quantitative estimate of drug-likeness (QED) is 0.903. The van der Waals surface area contributed by atoms with Crippen molar-refractivity contribution in [3.8, 4) is 11.5 Å². The van der Waals surface area contributed by atoms with Crippen molar-refractivity contribution in [2.24, 2.45) is 0 Å². The molecule has 1 aliphatic rings. The maximum Gasteiger partial charge on any atom is 0.310 e. The highest BCUT2D eigenvalue weighted by molar-refractivity contribution is 5.77. The molecule has 116 valence electrons. The second-order valence-corrected chi connectivity index (χ2v) is 5.56. The number of aliphatic carboxylic acids is 1. The predicted octanol–water partition coefficient (Wildman–Crippen LogP) is 2.36. The maximum atomic E-state index is 11.2. The fourth-order valence-electron chi connectivity index (χ4n) is 2.60. The molecule has 0 saturated carbocycles. The van der Waals surface area contributed by atoms with Crippen LogP contribution >= 0.6 is 0 Å². The first-order chi connectivity index (χ1) is 10.0. The minimum atomic E-state index is -0.871. The Labute approximate surface area is 125 Å². The topological polar surface area (TPSA) is 59.0 Å². The van der Waals surface area contributed by atoms with E-state index in [0.717, 1.165) is 25.9 Å². The van der Waals surface area contributed by atoms with Gasteiger partial charge in [-0.1, -0.05) is 12.1 Å². The smallest absolute Gasteiger partial charge is 0.310 e. The molecule has 1 unspecified atom stereocenters. The first-order valence-corrected chi connectivity index (χ1v) is 7.27. The molecule has 1 atom stereocenters. The summed E-state index contributed by atoms with van der Waals surface area (Å²) in [5.74, 6) is -0.324. The molecule has 0 spiro atoms. The molecule has 1 N–H and O–H groups in total. The zero-order valence-corrected chi connectivity index (χ0v) is 12.8. The summed E-state index contributed by atoms with van der Waals surface area (Å²) in [5.41, 5.74) is 0.649. The van der Waals surface area contributed by atoms with Gasteiger partial charge >= 0.3 is 5.97 Å². The van der Waals surface area contributed by atoms with E-state index in [1.54, 1.807) is 20.1 Å². The van der Waals surface area contributed by atoms with Crippen molar-refractivity contribution in [1.82, 2.24) is 4.90 Å². The van der Waals surface area contributed by atoms with Crippen molar-refractivity contribution in [3.63, 3.8) is 0 Å². The van der Waals surface area contributed by atoms with Crippen molar-refractivity contribution in [1.29, 1.82) is 0 Å². The summed E-state index contributed by atoms with van der Waals surface area (Å²) in [6.45, 7) is 3.68. The lowest BCUT2D eigenvalue weighted by Gasteiger charge is -2.30. The zero-order valence-electron chi connectivity index (χ0n) is 12.8. The molecule has 0 amide bonds. The molecule has 0 aromatic heterocycles. The Hall–Kier alpha value is -1.75. The summed E-state index contributed by atoms with van der Waals surface area (Å²) in [7, 11) is 3.65. The van der Waals surface area contributed by atoms with E-state index in [1.165, 1.54) is 0 Å². The van der Waals surface area contributed by atoms with E-state index in [1.807, 2.05) is 12.1 Å². The van der Waals surface area contributed by atoms with Crippen LogP contribution in [0.2, 0.25) is 0 Å². The van der Waals surface area contributed by atoms with Gasteiger partial charge in [-0.05, 0) is 32.9 Å². The minimum Gasteiger partial charge on any atom is -0.493 e. The molecular weight excluding hydrogens is 270 g/mol. The van der Waals surface area contributed by atoms with Gasteiger partial charge in [0.2, 0.25) is 0 Å². The Morgan fingerprint density at radius 1 is 1.38 bits per heavy atom. The van der Waals surface area contributed by atoms with Crippen LogP contribution in [0.25, 0.3) is 0 Å². The Bertz CT molecular complexity index is 495. The van der Waals surface area contributed by atoms with Gasteiger partial charge in [0.15, 0.2) is 11.5 Å². The van der Waals surface area contributed by atoms with Gasteiger partial charge in [-0.2, -0.15) is 0 Å². The highest BCUT2D eigenvalue weighted by Gasteiger charge is 2.24. The molecule has 5 heteroatoms. The van der Waals surface area contributed by atoms with Crippen LogP contribution in [0.1, 0.15) is 31.2 Å². The molecular formula is C16H23NO4. The van der Waals surface area contributed by atoms with E-state index in [9.17, 15) is 9.90 Å². The third-order valence-corrected chi connectivity index (χ3v) is 4.01. The molecule has 1 saturated heterocycles. The van der Waals surface area contributed by atoms with Crippen molar-refractivity contribution in [3.05, 3.63) is 23.8 Å². The van der Waals surface area contributed by atoms with Gasteiger partial charge in [0, 0.05) is 18.7 Å². The number of piperidine rings is 1. The Kier molecular flexibility index (Phi) is 5.07. The first-order valence-electron chi connectivity index (χ1n) is 7.27. The number of carboxylic acid groups (broad SMARTS) is 1. The summed E-state index contributed by atoms with van der Waals surface area (Å²) < 4.78 is 11.5. The summed E-state index contributed by atoms with van der Waals surface area (Å²) in [6, 6.07) is 5.44. The van der Waals surface area contributed by atoms with Gasteiger partial charge < -0.3 is 19.5 Å². The highest BCUT2D eigenvalue weighted by Crippen LogP contribution is 2.37. The number of carboxylic acids is 1. The molecule has 1 fully saturated rings. The number of carbonyl (C=O) groups is 1. The maximum absolute atomic E-state index is 11.2. The lowest BCUT2D eigenvalue weighted by molar-refractivity contribution is -0.138. The summed E-state index contributed by atoms with van der Waals surface area (Å²) >= 11 is 0. The Morgan fingerprint density at radius 2 is 2.05 bits per heavy atom. The standard InChI is InChI=1S/C16H23NO4/c1-11(16(18)19)13-5-4-6-14(15(13)20-3)21-12-7-9-17(2)10-8-12/h4-6,11-12H,7-10H2,1-3H3,(H,18,19). The SMILES string of the molecule is COc1c(OC2CCN(C)CC2)cccc1C(C)C(=O)O. The number of rotatable bonds is 5. The first kappa shape index (κ1) is 15.6. The lowest BCUT2D eigenvalue weighted by atomic mass is 9.99. The summed E-state index contributed by atoms with van der Waals surface area (Å²) in [6.07, 6.45) is 2.10. The second kappa shape index (κ2) is 6.80. The third-order valence-electron chi connectivity index (χ3n) is 4.01. The fourth-order valence-corrected chi connectivity index (χ4v) is 2.60. The minimum absolute atomic E-state index is 0.158. The molecule has 1 aromatic carbocycles. The van der Waals surface area contributed by atoms with Crippen LogP contribution in [0.15, 0.2) is 18.2 Å². The molecule has 0 bridgehead atoms. The monoisotopic (exact) mass is 293 g/mol. The van der Waals surface area contributed by atoms with Crippen molar-refractivity contribution < 1.29 is 19.4 Å². The second-order valence-electron chi connectivity index (χ2n) is 5.56. The molecule has 5 nitrogen and oxygen atoms in total. The Balaban J connectivity index is 2.19. The van der Waals surface area contributed by atoms with Crippen LogP contribution in [0.3, 0.4) is 0 Å². The van der Waals surface area contributed by atoms with Gasteiger partial charge in [-0.15, -0.1) is 0 Å².